The molecule has 0 saturated carbocycles. The van der Waals surface area contributed by atoms with Gasteiger partial charge >= 0.3 is 6.09 Å². The van der Waals surface area contributed by atoms with Crippen molar-refractivity contribution < 1.29 is 29.3 Å². The van der Waals surface area contributed by atoms with Crippen LogP contribution in [0, 0.1) is 18.3 Å². The second-order valence-corrected chi connectivity index (χ2v) is 10.5. The Balaban J connectivity index is 2.05. The van der Waals surface area contributed by atoms with Gasteiger partial charge in [-0.15, -0.1) is 0 Å². The highest BCUT2D eigenvalue weighted by Crippen LogP contribution is 2.28. The van der Waals surface area contributed by atoms with E-state index in [1.54, 1.807) is 51.1 Å². The molecule has 3 rings (SSSR count). The van der Waals surface area contributed by atoms with Crippen LogP contribution >= 0.6 is 0 Å². The van der Waals surface area contributed by atoms with Crippen molar-refractivity contribution in [1.29, 1.82) is 5.26 Å². The van der Waals surface area contributed by atoms with Crippen LogP contribution < -0.4 is 10.6 Å². The van der Waals surface area contributed by atoms with Gasteiger partial charge in [-0.2, -0.15) is 5.26 Å². The van der Waals surface area contributed by atoms with Gasteiger partial charge in [-0.05, 0) is 74.7 Å². The van der Waals surface area contributed by atoms with Gasteiger partial charge in [-0.25, -0.2) is 4.79 Å². The number of amides is 3. The monoisotopic (exact) mass is 558 g/mol. The highest BCUT2D eigenvalue weighted by atomic mass is 16.6. The van der Waals surface area contributed by atoms with Crippen molar-refractivity contribution >= 4 is 23.6 Å². The maximum Gasteiger partial charge on any atom is 0.408 e. The fourth-order valence-corrected chi connectivity index (χ4v) is 4.17. The van der Waals surface area contributed by atoms with Crippen molar-refractivity contribution in [2.24, 2.45) is 0 Å². The summed E-state index contributed by atoms with van der Waals surface area (Å²) in [5.74, 6) is -1.44. The molecule has 10 nitrogen and oxygen atoms in total. The van der Waals surface area contributed by atoms with E-state index >= 15 is 0 Å². The minimum absolute atomic E-state index is 0.0214. The number of phenols is 2. The van der Waals surface area contributed by atoms with E-state index in [9.17, 15) is 29.9 Å². The Bertz CT molecular complexity index is 1430. The summed E-state index contributed by atoms with van der Waals surface area (Å²) in [4.78, 5) is 41.8. The van der Waals surface area contributed by atoms with Crippen LogP contribution in [0.15, 0.2) is 72.8 Å². The average Bonchev–Trinajstić information content (AvgIpc) is 2.89. The van der Waals surface area contributed by atoms with E-state index in [2.05, 4.69) is 10.6 Å². The van der Waals surface area contributed by atoms with Gasteiger partial charge in [0.25, 0.3) is 5.91 Å². The summed E-state index contributed by atoms with van der Waals surface area (Å²) in [7, 11) is 0. The van der Waals surface area contributed by atoms with Gasteiger partial charge in [0, 0.05) is 12.1 Å². The molecular formula is C31H34N4O6. The topological polar surface area (TPSA) is 152 Å². The number of nitrogens with one attached hydrogen (secondary N) is 2. The largest absolute Gasteiger partial charge is 0.508 e. The molecule has 0 spiro atoms. The molecule has 3 aromatic carbocycles. The lowest BCUT2D eigenvalue weighted by Gasteiger charge is -2.33. The van der Waals surface area contributed by atoms with Crippen LogP contribution in [-0.2, 0) is 20.7 Å². The Kier molecular flexibility index (Phi) is 9.93. The highest BCUT2D eigenvalue weighted by Gasteiger charge is 2.36. The second-order valence-electron chi connectivity index (χ2n) is 10.5. The number of alkyl carbamates (subject to hydrolysis) is 1. The predicted molar refractivity (Wildman–Crippen MR) is 153 cm³/mol. The molecule has 0 saturated heterocycles. The van der Waals surface area contributed by atoms with Crippen LogP contribution in [0.5, 0.6) is 11.5 Å². The Morgan fingerprint density at radius 2 is 1.66 bits per heavy atom. The van der Waals surface area contributed by atoms with Gasteiger partial charge in [0.1, 0.15) is 35.7 Å². The number of aryl methyl sites for hydroxylation is 1. The summed E-state index contributed by atoms with van der Waals surface area (Å²) in [6.45, 7) is 6.36. The Morgan fingerprint density at radius 1 is 0.976 bits per heavy atom. The average molecular weight is 559 g/mol. The van der Waals surface area contributed by atoms with Crippen LogP contribution in [0.2, 0.25) is 0 Å². The number of anilines is 1. The molecular weight excluding hydrogens is 524 g/mol. The van der Waals surface area contributed by atoms with E-state index in [0.717, 1.165) is 10.5 Å². The van der Waals surface area contributed by atoms with Gasteiger partial charge in [0.05, 0.1) is 6.07 Å². The van der Waals surface area contributed by atoms with Gasteiger partial charge in [-0.1, -0.05) is 42.5 Å². The summed E-state index contributed by atoms with van der Waals surface area (Å²) < 4.78 is 5.38. The quantitative estimate of drug-likeness (QED) is 0.281. The molecule has 0 aromatic heterocycles. The number of hydrogen-bond donors (Lipinski definition) is 4. The fraction of sp³-hybridized carbons (Fsp3) is 0.290. The van der Waals surface area contributed by atoms with Crippen LogP contribution in [0.25, 0.3) is 0 Å². The van der Waals surface area contributed by atoms with Gasteiger partial charge < -0.3 is 30.5 Å². The first-order valence-electron chi connectivity index (χ1n) is 13.0. The molecule has 0 aliphatic heterocycles. The van der Waals surface area contributed by atoms with E-state index in [1.165, 1.54) is 30.3 Å². The number of benzene rings is 3. The Morgan fingerprint density at radius 3 is 2.27 bits per heavy atom. The molecule has 0 radical (unpaired) electrons. The minimum atomic E-state index is -1.34. The molecule has 214 valence electrons. The SMILES string of the molecule is Cc1ccccc1NC(=O)C(c1cccc(O)c1)N(CC#N)C(=O)C(Cc1ccc(O)cc1)NC(=O)OC(C)(C)C. The van der Waals surface area contributed by atoms with Crippen molar-refractivity contribution in [3.8, 4) is 17.6 Å². The zero-order valence-corrected chi connectivity index (χ0v) is 23.4. The van der Waals surface area contributed by atoms with Crippen molar-refractivity contribution in [2.75, 3.05) is 11.9 Å². The number of carbonyl (C=O) groups excluding carboxylic acids is 3. The number of rotatable bonds is 9. The molecule has 2 unspecified atom stereocenters. The normalized spacial score (nSPS) is 12.4. The number of carbonyl (C=O) groups is 3. The number of nitrogens with zero attached hydrogens (tertiary/aromatic N) is 2. The Labute approximate surface area is 239 Å². The number of hydrogen-bond acceptors (Lipinski definition) is 7. The van der Waals surface area contributed by atoms with E-state index < -0.39 is 42.1 Å². The molecule has 0 aliphatic rings. The molecule has 4 N–H and O–H groups in total. The van der Waals surface area contributed by atoms with E-state index in [0.29, 0.717) is 11.3 Å². The van der Waals surface area contributed by atoms with Gasteiger partial charge in [0.15, 0.2) is 0 Å². The number of aromatic hydroxyl groups is 2. The zero-order chi connectivity index (χ0) is 30.2. The molecule has 10 heteroatoms. The van der Waals surface area contributed by atoms with Crippen molar-refractivity contribution in [1.82, 2.24) is 10.2 Å². The second kappa shape index (κ2) is 13.3. The number of para-hydroxylation sites is 1. The summed E-state index contributed by atoms with van der Waals surface area (Å²) in [5, 5.41) is 35.0. The first kappa shape index (κ1) is 30.5. The van der Waals surface area contributed by atoms with Crippen LogP contribution in [0.3, 0.4) is 0 Å². The third-order valence-electron chi connectivity index (χ3n) is 6.04. The standard InChI is InChI=1S/C31H34N4O6/c1-20-8-5-6-11-25(20)33-28(38)27(22-9-7-10-24(37)19-22)35(17-16-32)29(39)26(34-30(40)41-31(2,3)4)18-21-12-14-23(36)15-13-21/h5-15,19,26-27,36-37H,17-18H2,1-4H3,(H,33,38)(H,34,40). The van der Waals surface area contributed by atoms with E-state index in [-0.39, 0.29) is 23.5 Å². The lowest BCUT2D eigenvalue weighted by Crippen LogP contribution is -2.53. The van der Waals surface area contributed by atoms with Gasteiger partial charge in [0.2, 0.25) is 5.91 Å². The van der Waals surface area contributed by atoms with Crippen molar-refractivity contribution in [3.63, 3.8) is 0 Å². The highest BCUT2D eigenvalue weighted by molar-refractivity contribution is 5.99. The van der Waals surface area contributed by atoms with Crippen LogP contribution in [0.4, 0.5) is 10.5 Å². The maximum absolute atomic E-state index is 14.1. The first-order valence-corrected chi connectivity index (χ1v) is 13.0. The third kappa shape index (κ3) is 8.73. The first-order chi connectivity index (χ1) is 19.4. The maximum atomic E-state index is 14.1. The molecule has 0 bridgehead atoms. The Hall–Kier alpha value is -5.04. The lowest BCUT2D eigenvalue weighted by atomic mass is 10.00. The number of nitriles is 1. The molecule has 0 heterocycles. The fourth-order valence-electron chi connectivity index (χ4n) is 4.17. The number of phenolic OH excluding ortho intramolecular Hbond substituents is 2. The molecule has 41 heavy (non-hydrogen) atoms. The van der Waals surface area contributed by atoms with Crippen molar-refractivity contribution in [2.45, 2.75) is 51.8 Å². The smallest absolute Gasteiger partial charge is 0.408 e. The molecule has 0 fully saturated rings. The summed E-state index contributed by atoms with van der Waals surface area (Å²) in [6, 6.07) is 18.4. The minimum Gasteiger partial charge on any atom is -0.508 e. The summed E-state index contributed by atoms with van der Waals surface area (Å²) in [6.07, 6.45) is -0.878. The molecule has 2 atom stereocenters. The third-order valence-corrected chi connectivity index (χ3v) is 6.04. The van der Waals surface area contributed by atoms with Gasteiger partial charge in [-0.3, -0.25) is 9.59 Å². The molecule has 3 amide bonds. The van der Waals surface area contributed by atoms with Crippen LogP contribution in [-0.4, -0.2) is 51.2 Å². The van der Waals surface area contributed by atoms with Crippen molar-refractivity contribution in [3.05, 3.63) is 89.5 Å². The van der Waals surface area contributed by atoms with E-state index in [1.807, 2.05) is 25.1 Å². The van der Waals surface area contributed by atoms with E-state index in [4.69, 9.17) is 4.74 Å². The zero-order valence-electron chi connectivity index (χ0n) is 23.4. The summed E-state index contributed by atoms with van der Waals surface area (Å²) >= 11 is 0. The number of ether oxygens (including phenoxy) is 1. The molecule has 3 aromatic rings. The summed E-state index contributed by atoms with van der Waals surface area (Å²) in [5.41, 5.74) is 1.32. The van der Waals surface area contributed by atoms with Crippen LogP contribution in [0.1, 0.15) is 43.5 Å². The molecule has 0 aliphatic carbocycles. The predicted octanol–water partition coefficient (Wildman–Crippen LogP) is 4.57. The lowest BCUT2D eigenvalue weighted by molar-refractivity contribution is -0.140.